The van der Waals surface area contributed by atoms with Crippen LogP contribution >= 0.6 is 11.6 Å². The Morgan fingerprint density at radius 1 is 1.41 bits per heavy atom. The lowest BCUT2D eigenvalue weighted by atomic mass is 10.0. The highest BCUT2D eigenvalue weighted by Gasteiger charge is 2.27. The van der Waals surface area contributed by atoms with Crippen LogP contribution in [0.5, 0.6) is 0 Å². The molecule has 0 saturated carbocycles. The number of nitrogens with zero attached hydrogens (tertiary/aromatic N) is 1. The highest BCUT2D eigenvalue weighted by molar-refractivity contribution is 6.21. The van der Waals surface area contributed by atoms with Gasteiger partial charge in [-0.25, -0.2) is 0 Å². The van der Waals surface area contributed by atoms with Crippen LogP contribution in [0.3, 0.4) is 0 Å². The van der Waals surface area contributed by atoms with Crippen molar-refractivity contribution < 1.29 is 4.74 Å². The third-order valence-electron chi connectivity index (χ3n) is 3.68. The third-order valence-corrected chi connectivity index (χ3v) is 4.23. The molecule has 2 atom stereocenters. The van der Waals surface area contributed by atoms with Gasteiger partial charge in [-0.05, 0) is 34.6 Å². The Morgan fingerprint density at radius 3 is 2.59 bits per heavy atom. The highest BCUT2D eigenvalue weighted by atomic mass is 35.5. The summed E-state index contributed by atoms with van der Waals surface area (Å²) in [5, 5.41) is 3.61. The van der Waals surface area contributed by atoms with E-state index < -0.39 is 0 Å². The van der Waals surface area contributed by atoms with Crippen LogP contribution in [0.1, 0.15) is 34.6 Å². The van der Waals surface area contributed by atoms with Gasteiger partial charge in [0.15, 0.2) is 0 Å². The summed E-state index contributed by atoms with van der Waals surface area (Å²) in [6, 6.07) is 0.598. The molecule has 1 aliphatic heterocycles. The van der Waals surface area contributed by atoms with Gasteiger partial charge in [-0.2, -0.15) is 0 Å². The number of nitrogens with one attached hydrogen (secondary N) is 1. The molecule has 1 saturated heterocycles. The van der Waals surface area contributed by atoms with E-state index in [9.17, 15) is 0 Å². The summed E-state index contributed by atoms with van der Waals surface area (Å²) >= 11 is 6.15. The van der Waals surface area contributed by atoms with Crippen molar-refractivity contribution in [2.75, 3.05) is 26.2 Å². The quantitative estimate of drug-likeness (QED) is 0.768. The Morgan fingerprint density at radius 2 is 2.06 bits per heavy atom. The normalized spacial score (nSPS) is 25.2. The molecule has 1 fully saturated rings. The van der Waals surface area contributed by atoms with Crippen LogP contribution in [0.15, 0.2) is 0 Å². The molecule has 0 bridgehead atoms. The van der Waals surface area contributed by atoms with E-state index >= 15 is 0 Å². The molecular formula is C13H27ClN2O. The standard InChI is InChI=1S/C13H27ClN2O/c1-10(2)16-6-7-17-12(9-16)8-15-13(4,5)11(3)14/h10-12,15H,6-9H2,1-5H3. The fourth-order valence-corrected chi connectivity index (χ4v) is 1.93. The van der Waals surface area contributed by atoms with E-state index in [2.05, 4.69) is 37.9 Å². The van der Waals surface area contributed by atoms with Crippen molar-refractivity contribution >= 4 is 11.6 Å². The summed E-state index contributed by atoms with van der Waals surface area (Å²) in [5.74, 6) is 0. The lowest BCUT2D eigenvalue weighted by Gasteiger charge is -2.38. The molecule has 1 heterocycles. The van der Waals surface area contributed by atoms with E-state index in [0.29, 0.717) is 6.04 Å². The second-order valence-electron chi connectivity index (χ2n) is 5.80. The Hall–Kier alpha value is 0.170. The van der Waals surface area contributed by atoms with Crippen LogP contribution in [0, 0.1) is 0 Å². The molecular weight excluding hydrogens is 236 g/mol. The van der Waals surface area contributed by atoms with Crippen LogP contribution in [0.25, 0.3) is 0 Å². The maximum Gasteiger partial charge on any atom is 0.0827 e. The summed E-state index contributed by atoms with van der Waals surface area (Å²) in [6.45, 7) is 14.5. The molecule has 0 aromatic heterocycles. The summed E-state index contributed by atoms with van der Waals surface area (Å²) in [4.78, 5) is 2.47. The summed E-state index contributed by atoms with van der Waals surface area (Å²) in [5.41, 5.74) is -0.0506. The number of halogens is 1. The minimum atomic E-state index is -0.0506. The molecule has 0 aromatic carbocycles. The number of rotatable bonds is 5. The van der Waals surface area contributed by atoms with E-state index in [1.54, 1.807) is 0 Å². The monoisotopic (exact) mass is 262 g/mol. The fraction of sp³-hybridized carbons (Fsp3) is 1.00. The average molecular weight is 263 g/mol. The van der Waals surface area contributed by atoms with Crippen molar-refractivity contribution in [3.63, 3.8) is 0 Å². The highest BCUT2D eigenvalue weighted by Crippen LogP contribution is 2.15. The molecule has 17 heavy (non-hydrogen) atoms. The van der Waals surface area contributed by atoms with Crippen molar-refractivity contribution in [1.82, 2.24) is 10.2 Å². The number of hydrogen-bond acceptors (Lipinski definition) is 3. The summed E-state index contributed by atoms with van der Waals surface area (Å²) in [7, 11) is 0. The zero-order valence-electron chi connectivity index (χ0n) is 11.8. The van der Waals surface area contributed by atoms with E-state index in [1.165, 1.54) is 0 Å². The van der Waals surface area contributed by atoms with E-state index in [0.717, 1.165) is 26.2 Å². The maximum absolute atomic E-state index is 6.15. The molecule has 1 rings (SSSR count). The zero-order valence-corrected chi connectivity index (χ0v) is 12.5. The third kappa shape index (κ3) is 4.74. The van der Waals surface area contributed by atoms with E-state index in [4.69, 9.17) is 16.3 Å². The SMILES string of the molecule is CC(C)N1CCOC(CNC(C)(C)C(C)Cl)C1. The zero-order chi connectivity index (χ0) is 13.1. The summed E-state index contributed by atoms with van der Waals surface area (Å²) < 4.78 is 5.79. The maximum atomic E-state index is 6.15. The van der Waals surface area contributed by atoms with E-state index in [1.807, 2.05) is 6.92 Å². The fourth-order valence-electron chi connectivity index (χ4n) is 1.85. The van der Waals surface area contributed by atoms with Gasteiger partial charge in [0.05, 0.1) is 12.7 Å². The molecule has 1 N–H and O–H groups in total. The lowest BCUT2D eigenvalue weighted by molar-refractivity contribution is -0.0395. The molecule has 0 aliphatic carbocycles. The molecule has 102 valence electrons. The van der Waals surface area contributed by atoms with Gasteiger partial charge in [-0.15, -0.1) is 11.6 Å². The molecule has 1 aliphatic rings. The first kappa shape index (κ1) is 15.2. The van der Waals surface area contributed by atoms with Gasteiger partial charge in [-0.3, -0.25) is 4.90 Å². The van der Waals surface area contributed by atoms with Gasteiger partial charge in [0.1, 0.15) is 0 Å². The topological polar surface area (TPSA) is 24.5 Å². The molecule has 3 nitrogen and oxygen atoms in total. The van der Waals surface area contributed by atoms with Crippen molar-refractivity contribution in [3.8, 4) is 0 Å². The molecule has 0 aromatic rings. The van der Waals surface area contributed by atoms with Crippen LogP contribution in [0.2, 0.25) is 0 Å². The van der Waals surface area contributed by atoms with Crippen LogP contribution < -0.4 is 5.32 Å². The summed E-state index contributed by atoms with van der Waals surface area (Å²) in [6.07, 6.45) is 0.279. The number of hydrogen-bond donors (Lipinski definition) is 1. The average Bonchev–Trinajstić information content (AvgIpc) is 2.26. The van der Waals surface area contributed by atoms with Crippen LogP contribution in [0.4, 0.5) is 0 Å². The Kier molecular flexibility index (Phi) is 5.71. The smallest absolute Gasteiger partial charge is 0.0827 e. The Bertz CT molecular complexity index is 231. The number of ether oxygens (including phenoxy) is 1. The number of morpholine rings is 1. The van der Waals surface area contributed by atoms with Crippen molar-refractivity contribution in [3.05, 3.63) is 0 Å². The lowest BCUT2D eigenvalue weighted by Crippen LogP contribution is -2.54. The van der Waals surface area contributed by atoms with Crippen LogP contribution in [-0.4, -0.2) is 54.2 Å². The van der Waals surface area contributed by atoms with Gasteiger partial charge in [0.25, 0.3) is 0 Å². The molecule has 0 radical (unpaired) electrons. The minimum Gasteiger partial charge on any atom is -0.374 e. The van der Waals surface area contributed by atoms with Gasteiger partial charge in [0.2, 0.25) is 0 Å². The van der Waals surface area contributed by atoms with Gasteiger partial charge in [-0.1, -0.05) is 0 Å². The molecule has 4 heteroatoms. The van der Waals surface area contributed by atoms with Crippen molar-refractivity contribution in [2.45, 2.75) is 57.7 Å². The van der Waals surface area contributed by atoms with Gasteiger partial charge in [0, 0.05) is 36.6 Å². The second kappa shape index (κ2) is 6.37. The molecule has 2 unspecified atom stereocenters. The molecule has 0 amide bonds. The first-order valence-electron chi connectivity index (χ1n) is 6.57. The first-order valence-corrected chi connectivity index (χ1v) is 7.01. The Labute approximate surface area is 111 Å². The van der Waals surface area contributed by atoms with Gasteiger partial charge >= 0.3 is 0 Å². The minimum absolute atomic E-state index is 0.0506. The van der Waals surface area contributed by atoms with Crippen molar-refractivity contribution in [2.24, 2.45) is 0 Å². The molecule has 0 spiro atoms. The number of alkyl halides is 1. The van der Waals surface area contributed by atoms with Crippen LogP contribution in [-0.2, 0) is 4.74 Å². The van der Waals surface area contributed by atoms with Gasteiger partial charge < -0.3 is 10.1 Å². The second-order valence-corrected chi connectivity index (χ2v) is 6.45. The van der Waals surface area contributed by atoms with Crippen molar-refractivity contribution in [1.29, 1.82) is 0 Å². The first-order chi connectivity index (χ1) is 7.83. The predicted molar refractivity (Wildman–Crippen MR) is 73.8 cm³/mol. The predicted octanol–water partition coefficient (Wildman–Crippen LogP) is 2.09. The van der Waals surface area contributed by atoms with E-state index in [-0.39, 0.29) is 17.0 Å². The Balaban J connectivity index is 2.37. The largest absolute Gasteiger partial charge is 0.374 e.